The maximum absolute atomic E-state index is 11.8. The third-order valence-electron chi connectivity index (χ3n) is 5.50. The summed E-state index contributed by atoms with van der Waals surface area (Å²) in [6.45, 7) is 6.63. The summed E-state index contributed by atoms with van der Waals surface area (Å²) in [5.41, 5.74) is 5.54. The second kappa shape index (κ2) is 7.37. The van der Waals surface area contributed by atoms with Crippen LogP contribution >= 0.6 is 23.2 Å². The van der Waals surface area contributed by atoms with Crippen LogP contribution in [0.2, 0.25) is 10.0 Å². The molecule has 1 aromatic heterocycles. The molecule has 0 spiro atoms. The van der Waals surface area contributed by atoms with E-state index in [-0.39, 0.29) is 11.4 Å². The monoisotopic (exact) mass is 410 g/mol. The van der Waals surface area contributed by atoms with Crippen LogP contribution in [0.15, 0.2) is 18.2 Å². The average molecular weight is 411 g/mol. The average Bonchev–Trinajstić information content (AvgIpc) is 3.26. The molecule has 1 atom stereocenters. The molecule has 1 heterocycles. The van der Waals surface area contributed by atoms with Crippen LogP contribution in [0.25, 0.3) is 0 Å². The molecule has 1 aliphatic carbocycles. The minimum Gasteiger partial charge on any atom is -0.369 e. The molecule has 27 heavy (non-hydrogen) atoms. The van der Waals surface area contributed by atoms with E-state index in [4.69, 9.17) is 28.9 Å². The Hall–Kier alpha value is -1.70. The molecular formula is C18H24Cl2N6O. The van der Waals surface area contributed by atoms with E-state index in [1.165, 1.54) is 0 Å². The highest BCUT2D eigenvalue weighted by Gasteiger charge is 2.48. The first kappa shape index (κ1) is 20.0. The van der Waals surface area contributed by atoms with E-state index in [0.29, 0.717) is 22.4 Å². The number of nitrogens with one attached hydrogen (secondary N) is 1. The van der Waals surface area contributed by atoms with Crippen molar-refractivity contribution >= 4 is 29.1 Å². The fourth-order valence-electron chi connectivity index (χ4n) is 3.00. The minimum atomic E-state index is -0.512. The van der Waals surface area contributed by atoms with Crippen LogP contribution in [0.1, 0.15) is 57.5 Å². The van der Waals surface area contributed by atoms with Crippen molar-refractivity contribution in [3.05, 3.63) is 39.6 Å². The number of tetrazole rings is 1. The fraction of sp³-hybridized carbons (Fsp3) is 0.556. The lowest BCUT2D eigenvalue weighted by Crippen LogP contribution is -2.39. The zero-order chi connectivity index (χ0) is 19.8. The van der Waals surface area contributed by atoms with Gasteiger partial charge in [-0.2, -0.15) is 0 Å². The highest BCUT2D eigenvalue weighted by molar-refractivity contribution is 6.42. The molecule has 0 saturated heterocycles. The van der Waals surface area contributed by atoms with Gasteiger partial charge in [-0.05, 0) is 55.2 Å². The summed E-state index contributed by atoms with van der Waals surface area (Å²) in [6, 6.07) is 5.02. The predicted molar refractivity (Wildman–Crippen MR) is 105 cm³/mol. The molecule has 1 unspecified atom stereocenters. The normalized spacial score (nSPS) is 16.9. The Morgan fingerprint density at radius 2 is 2.11 bits per heavy atom. The van der Waals surface area contributed by atoms with Gasteiger partial charge < -0.3 is 11.1 Å². The van der Waals surface area contributed by atoms with Crippen molar-refractivity contribution in [3.63, 3.8) is 0 Å². The van der Waals surface area contributed by atoms with Crippen molar-refractivity contribution < 1.29 is 4.79 Å². The van der Waals surface area contributed by atoms with Gasteiger partial charge in [-0.15, -0.1) is 5.10 Å². The Morgan fingerprint density at radius 3 is 2.70 bits per heavy atom. The second-order valence-corrected chi connectivity index (χ2v) is 8.50. The van der Waals surface area contributed by atoms with Crippen molar-refractivity contribution in [1.29, 1.82) is 0 Å². The first-order valence-electron chi connectivity index (χ1n) is 8.98. The number of benzene rings is 1. The van der Waals surface area contributed by atoms with E-state index in [0.717, 1.165) is 24.8 Å². The Bertz CT molecular complexity index is 846. The number of hydrogen-bond donors (Lipinski definition) is 2. The molecule has 3 rings (SSSR count). The van der Waals surface area contributed by atoms with Crippen LogP contribution < -0.4 is 11.1 Å². The van der Waals surface area contributed by atoms with Gasteiger partial charge in [0, 0.05) is 6.54 Å². The molecule has 0 aliphatic heterocycles. The van der Waals surface area contributed by atoms with Crippen LogP contribution in [0.3, 0.4) is 0 Å². The Morgan fingerprint density at radius 1 is 1.41 bits per heavy atom. The van der Waals surface area contributed by atoms with E-state index in [1.807, 2.05) is 12.1 Å². The molecule has 1 aliphatic rings. The molecule has 146 valence electrons. The number of nitrogens with two attached hydrogens (primary N) is 1. The molecule has 1 aromatic carbocycles. The van der Waals surface area contributed by atoms with Gasteiger partial charge in [0.2, 0.25) is 5.91 Å². The van der Waals surface area contributed by atoms with Gasteiger partial charge in [0.1, 0.15) is 0 Å². The first-order chi connectivity index (χ1) is 12.7. The smallest absolute Gasteiger partial charge is 0.224 e. The van der Waals surface area contributed by atoms with Gasteiger partial charge in [-0.1, -0.05) is 42.3 Å². The Labute approximate surface area is 168 Å². The summed E-state index contributed by atoms with van der Waals surface area (Å²) in [4.78, 5) is 11.8. The van der Waals surface area contributed by atoms with Crippen molar-refractivity contribution in [2.45, 2.75) is 51.6 Å². The molecule has 9 heteroatoms. The number of amides is 1. The number of nitrogens with zero attached hydrogens (tertiary/aromatic N) is 4. The largest absolute Gasteiger partial charge is 0.369 e. The molecular weight excluding hydrogens is 387 g/mol. The summed E-state index contributed by atoms with van der Waals surface area (Å²) in [5.74, 6) is 0.325. The number of aromatic nitrogens is 4. The SMILES string of the molecule is CCC(C)(C)n1nnnc1C(NCC1(C(N)=O)CC1)c1cccc(Cl)c1Cl. The van der Waals surface area contributed by atoms with Gasteiger partial charge >= 0.3 is 0 Å². The van der Waals surface area contributed by atoms with Gasteiger partial charge in [0.15, 0.2) is 5.82 Å². The van der Waals surface area contributed by atoms with Gasteiger partial charge in [-0.3, -0.25) is 4.79 Å². The maximum atomic E-state index is 11.8. The lowest BCUT2D eigenvalue weighted by molar-refractivity contribution is -0.122. The summed E-state index contributed by atoms with van der Waals surface area (Å²) in [6.07, 6.45) is 2.39. The second-order valence-electron chi connectivity index (χ2n) is 7.72. The summed E-state index contributed by atoms with van der Waals surface area (Å²) < 4.78 is 1.80. The quantitative estimate of drug-likeness (QED) is 0.696. The molecule has 3 N–H and O–H groups in total. The lowest BCUT2D eigenvalue weighted by atomic mass is 9.99. The number of carbonyl (C=O) groups excluding carboxylic acids is 1. The Balaban J connectivity index is 2.02. The van der Waals surface area contributed by atoms with Gasteiger partial charge in [0.05, 0.1) is 27.0 Å². The van der Waals surface area contributed by atoms with E-state index in [1.54, 1.807) is 10.7 Å². The van der Waals surface area contributed by atoms with E-state index < -0.39 is 11.5 Å². The van der Waals surface area contributed by atoms with E-state index >= 15 is 0 Å². The zero-order valence-electron chi connectivity index (χ0n) is 15.7. The predicted octanol–water partition coefficient (Wildman–Crippen LogP) is 3.07. The van der Waals surface area contributed by atoms with Crippen LogP contribution in [-0.4, -0.2) is 32.7 Å². The van der Waals surface area contributed by atoms with Crippen LogP contribution in [-0.2, 0) is 10.3 Å². The van der Waals surface area contributed by atoms with Crippen LogP contribution in [0, 0.1) is 5.41 Å². The fourth-order valence-corrected chi connectivity index (χ4v) is 3.41. The molecule has 0 bridgehead atoms. The van der Waals surface area contributed by atoms with Crippen LogP contribution in [0.5, 0.6) is 0 Å². The number of primary amides is 1. The first-order valence-corrected chi connectivity index (χ1v) is 9.73. The molecule has 7 nitrogen and oxygen atoms in total. The van der Waals surface area contributed by atoms with Crippen molar-refractivity contribution in [2.24, 2.45) is 11.1 Å². The highest BCUT2D eigenvalue weighted by atomic mass is 35.5. The summed E-state index contributed by atoms with van der Waals surface area (Å²) in [5, 5.41) is 16.7. The van der Waals surface area contributed by atoms with Gasteiger partial charge in [0.25, 0.3) is 0 Å². The van der Waals surface area contributed by atoms with Crippen molar-refractivity contribution in [3.8, 4) is 0 Å². The van der Waals surface area contributed by atoms with Crippen molar-refractivity contribution in [2.75, 3.05) is 6.54 Å². The Kier molecular flexibility index (Phi) is 5.47. The minimum absolute atomic E-state index is 0.287. The standard InChI is InChI=1S/C18H24Cl2N6O/c1-4-17(2,3)26-15(23-24-25-26)14(11-6-5-7-12(19)13(11)20)22-10-18(8-9-18)16(21)27/h5-7,14,22H,4,8-10H2,1-3H3,(H2,21,27). The van der Waals surface area contributed by atoms with Crippen LogP contribution in [0.4, 0.5) is 0 Å². The number of hydrogen-bond acceptors (Lipinski definition) is 5. The number of rotatable bonds is 8. The number of halogens is 2. The zero-order valence-corrected chi connectivity index (χ0v) is 17.2. The summed E-state index contributed by atoms with van der Waals surface area (Å²) in [7, 11) is 0. The van der Waals surface area contributed by atoms with Crippen molar-refractivity contribution in [1.82, 2.24) is 25.5 Å². The number of carbonyl (C=O) groups is 1. The maximum Gasteiger partial charge on any atom is 0.224 e. The third-order valence-corrected chi connectivity index (χ3v) is 6.34. The van der Waals surface area contributed by atoms with E-state index in [2.05, 4.69) is 41.6 Å². The summed E-state index contributed by atoms with van der Waals surface area (Å²) >= 11 is 12.7. The molecule has 0 radical (unpaired) electrons. The lowest BCUT2D eigenvalue weighted by Gasteiger charge is -2.28. The third kappa shape index (κ3) is 3.81. The van der Waals surface area contributed by atoms with E-state index in [9.17, 15) is 4.79 Å². The molecule has 1 saturated carbocycles. The molecule has 2 aromatic rings. The van der Waals surface area contributed by atoms with Gasteiger partial charge in [-0.25, -0.2) is 4.68 Å². The molecule has 1 amide bonds. The molecule has 1 fully saturated rings. The highest BCUT2D eigenvalue weighted by Crippen LogP contribution is 2.45. The topological polar surface area (TPSA) is 98.7 Å².